The predicted molar refractivity (Wildman–Crippen MR) is 89.8 cm³/mol. The Morgan fingerprint density at radius 3 is 2.10 bits per heavy atom. The monoisotopic (exact) mass is 310 g/mol. The minimum atomic E-state index is -1.74. The van der Waals surface area contributed by atoms with Crippen molar-refractivity contribution in [3.8, 4) is 0 Å². The molecule has 0 radical (unpaired) electrons. The van der Waals surface area contributed by atoms with Crippen LogP contribution in [-0.2, 0) is 22.4 Å². The van der Waals surface area contributed by atoms with Crippen LogP contribution in [0.3, 0.4) is 0 Å². The van der Waals surface area contributed by atoms with Gasteiger partial charge in [-0.15, -0.1) is 0 Å². The smallest absolute Gasteiger partial charge is 0.192 e. The lowest BCUT2D eigenvalue weighted by Crippen LogP contribution is -2.40. The van der Waals surface area contributed by atoms with E-state index in [4.69, 9.17) is 9.16 Å². The van der Waals surface area contributed by atoms with Crippen molar-refractivity contribution in [2.24, 2.45) is 0 Å². The van der Waals surface area contributed by atoms with Gasteiger partial charge in [-0.05, 0) is 36.2 Å². The van der Waals surface area contributed by atoms with E-state index in [-0.39, 0.29) is 5.04 Å². The molecule has 0 saturated carbocycles. The molecule has 0 bridgehead atoms. The van der Waals surface area contributed by atoms with E-state index >= 15 is 0 Å². The summed E-state index contributed by atoms with van der Waals surface area (Å²) in [5, 5.41) is 9.47. The molecule has 0 aromatic heterocycles. The molecule has 1 aromatic rings. The number of benzene rings is 1. The molecule has 0 aliphatic rings. The molecular formula is C17H30O3Si. The van der Waals surface area contributed by atoms with E-state index in [1.807, 2.05) is 12.1 Å². The number of hydrogen-bond acceptors (Lipinski definition) is 3. The zero-order chi connectivity index (χ0) is 16.1. The summed E-state index contributed by atoms with van der Waals surface area (Å²) >= 11 is 0. The Hall–Kier alpha value is -0.683. The molecule has 1 unspecified atom stereocenters. The van der Waals surface area contributed by atoms with Gasteiger partial charge >= 0.3 is 0 Å². The van der Waals surface area contributed by atoms with Gasteiger partial charge in [-0.25, -0.2) is 0 Å². The first-order valence-electron chi connectivity index (χ1n) is 7.60. The lowest BCUT2D eigenvalue weighted by atomic mass is 10.1. The van der Waals surface area contributed by atoms with Gasteiger partial charge < -0.3 is 14.3 Å². The average molecular weight is 311 g/mol. The first-order chi connectivity index (χ1) is 9.63. The van der Waals surface area contributed by atoms with Crippen LogP contribution in [0.5, 0.6) is 0 Å². The third-order valence-electron chi connectivity index (χ3n) is 4.13. The summed E-state index contributed by atoms with van der Waals surface area (Å²) in [7, 11) is -1.74. The number of rotatable bonds is 7. The van der Waals surface area contributed by atoms with Gasteiger partial charge in [0.15, 0.2) is 8.32 Å². The van der Waals surface area contributed by atoms with E-state index in [2.05, 4.69) is 46.0 Å². The first-order valence-corrected chi connectivity index (χ1v) is 10.5. The molecule has 1 N–H and O–H groups in total. The van der Waals surface area contributed by atoms with E-state index in [1.165, 1.54) is 5.56 Å². The van der Waals surface area contributed by atoms with Crippen molar-refractivity contribution < 1.29 is 14.3 Å². The summed E-state index contributed by atoms with van der Waals surface area (Å²) in [5.74, 6) is 0. The van der Waals surface area contributed by atoms with Crippen LogP contribution < -0.4 is 0 Å². The molecule has 0 heterocycles. The van der Waals surface area contributed by atoms with Crippen LogP contribution in [-0.4, -0.2) is 26.1 Å². The minimum Gasteiger partial charge on any atom is -0.413 e. The fourth-order valence-corrected chi connectivity index (χ4v) is 2.60. The second-order valence-electron chi connectivity index (χ2n) is 7.18. The third-order valence-corrected chi connectivity index (χ3v) is 8.61. The average Bonchev–Trinajstić information content (AvgIpc) is 2.36. The van der Waals surface area contributed by atoms with Gasteiger partial charge in [0.05, 0.1) is 25.9 Å². The van der Waals surface area contributed by atoms with Crippen molar-refractivity contribution in [2.45, 2.75) is 65.1 Å². The highest BCUT2D eigenvalue weighted by molar-refractivity contribution is 6.74. The van der Waals surface area contributed by atoms with Crippen LogP contribution in [0.2, 0.25) is 18.1 Å². The number of ether oxygens (including phenoxy) is 1. The maximum absolute atomic E-state index is 9.26. The zero-order valence-electron chi connectivity index (χ0n) is 14.3. The Morgan fingerprint density at radius 2 is 1.62 bits per heavy atom. The second-order valence-corrected chi connectivity index (χ2v) is 12.0. The molecule has 3 nitrogen and oxygen atoms in total. The summed E-state index contributed by atoms with van der Waals surface area (Å²) in [6.45, 7) is 14.5. The SMILES string of the molecule is CC(O)COCc1ccccc1CO[Si](C)(C)C(C)(C)C. The first kappa shape index (κ1) is 18.4. The summed E-state index contributed by atoms with van der Waals surface area (Å²) in [4.78, 5) is 0. The Balaban J connectivity index is 2.67. The lowest BCUT2D eigenvalue weighted by Gasteiger charge is -2.36. The minimum absolute atomic E-state index is 0.213. The molecule has 0 spiro atoms. The molecule has 0 amide bonds. The van der Waals surface area contributed by atoms with Crippen LogP contribution in [0.4, 0.5) is 0 Å². The number of aliphatic hydroxyl groups is 1. The molecule has 1 aromatic carbocycles. The standard InChI is InChI=1S/C17H30O3Si/c1-14(18)11-19-12-15-9-7-8-10-16(15)13-20-21(5,6)17(2,3)4/h7-10,14,18H,11-13H2,1-6H3. The predicted octanol–water partition coefficient (Wildman–Crippen LogP) is 4.11. The largest absolute Gasteiger partial charge is 0.413 e. The van der Waals surface area contributed by atoms with Crippen LogP contribution in [0.15, 0.2) is 24.3 Å². The summed E-state index contributed by atoms with van der Waals surface area (Å²) in [6.07, 6.45) is -0.430. The topological polar surface area (TPSA) is 38.7 Å². The summed E-state index contributed by atoms with van der Waals surface area (Å²) < 4.78 is 11.8. The van der Waals surface area contributed by atoms with Crippen LogP contribution >= 0.6 is 0 Å². The normalized spacial score (nSPS) is 14.2. The fraction of sp³-hybridized carbons (Fsp3) is 0.647. The highest BCUT2D eigenvalue weighted by atomic mass is 28.4. The van der Waals surface area contributed by atoms with Gasteiger partial charge in [-0.3, -0.25) is 0 Å². The summed E-state index contributed by atoms with van der Waals surface area (Å²) in [5.41, 5.74) is 2.31. The van der Waals surface area contributed by atoms with E-state index in [1.54, 1.807) is 6.92 Å². The molecule has 1 rings (SSSR count). The van der Waals surface area contributed by atoms with E-state index in [0.717, 1.165) is 5.56 Å². The van der Waals surface area contributed by atoms with Gasteiger partial charge in [0.1, 0.15) is 0 Å². The maximum atomic E-state index is 9.26. The summed E-state index contributed by atoms with van der Waals surface area (Å²) in [6, 6.07) is 8.19. The van der Waals surface area contributed by atoms with Crippen molar-refractivity contribution in [3.63, 3.8) is 0 Å². The van der Waals surface area contributed by atoms with Crippen molar-refractivity contribution in [3.05, 3.63) is 35.4 Å². The van der Waals surface area contributed by atoms with Crippen LogP contribution in [0.25, 0.3) is 0 Å². The molecule has 120 valence electrons. The van der Waals surface area contributed by atoms with E-state index < -0.39 is 14.4 Å². The van der Waals surface area contributed by atoms with Crippen LogP contribution in [0.1, 0.15) is 38.8 Å². The molecule has 0 saturated heterocycles. The van der Waals surface area contributed by atoms with E-state index in [9.17, 15) is 5.11 Å². The molecular weight excluding hydrogens is 280 g/mol. The zero-order valence-corrected chi connectivity index (χ0v) is 15.3. The van der Waals surface area contributed by atoms with Crippen molar-refractivity contribution >= 4 is 8.32 Å². The van der Waals surface area contributed by atoms with Crippen LogP contribution in [0, 0.1) is 0 Å². The van der Waals surface area contributed by atoms with E-state index in [0.29, 0.717) is 19.8 Å². The Labute approximate surface area is 130 Å². The van der Waals surface area contributed by atoms with Crippen molar-refractivity contribution in [2.75, 3.05) is 6.61 Å². The molecule has 0 aliphatic heterocycles. The van der Waals surface area contributed by atoms with Gasteiger partial charge in [-0.1, -0.05) is 45.0 Å². The maximum Gasteiger partial charge on any atom is 0.192 e. The highest BCUT2D eigenvalue weighted by Crippen LogP contribution is 2.37. The quantitative estimate of drug-likeness (QED) is 0.770. The Morgan fingerprint density at radius 1 is 1.10 bits per heavy atom. The molecule has 0 aliphatic carbocycles. The van der Waals surface area contributed by atoms with Gasteiger partial charge in [-0.2, -0.15) is 0 Å². The van der Waals surface area contributed by atoms with Gasteiger partial charge in [0.2, 0.25) is 0 Å². The van der Waals surface area contributed by atoms with Gasteiger partial charge in [0, 0.05) is 0 Å². The Kier molecular flexibility index (Phi) is 6.59. The molecule has 0 fully saturated rings. The van der Waals surface area contributed by atoms with Gasteiger partial charge in [0.25, 0.3) is 0 Å². The number of hydrogen-bond donors (Lipinski definition) is 1. The Bertz CT molecular complexity index is 436. The lowest BCUT2D eigenvalue weighted by molar-refractivity contribution is 0.0370. The number of aliphatic hydroxyl groups excluding tert-OH is 1. The molecule has 21 heavy (non-hydrogen) atoms. The fourth-order valence-electron chi connectivity index (χ4n) is 1.65. The van der Waals surface area contributed by atoms with Crippen molar-refractivity contribution in [1.82, 2.24) is 0 Å². The second kappa shape index (κ2) is 7.54. The highest BCUT2D eigenvalue weighted by Gasteiger charge is 2.37. The third kappa shape index (κ3) is 5.91. The molecule has 4 heteroatoms. The van der Waals surface area contributed by atoms with Crippen molar-refractivity contribution in [1.29, 1.82) is 0 Å². The molecule has 1 atom stereocenters.